The molecule has 20 heavy (non-hydrogen) atoms. The van der Waals surface area contributed by atoms with E-state index in [-0.39, 0.29) is 5.63 Å². The predicted molar refractivity (Wildman–Crippen MR) is 79.2 cm³/mol. The van der Waals surface area contributed by atoms with Gasteiger partial charge in [-0.25, -0.2) is 4.79 Å². The van der Waals surface area contributed by atoms with E-state index in [4.69, 9.17) is 9.15 Å². The maximum Gasteiger partial charge on any atom is 0.344 e. The second-order valence-corrected chi connectivity index (χ2v) is 4.72. The third kappa shape index (κ3) is 2.18. The summed E-state index contributed by atoms with van der Waals surface area (Å²) >= 11 is 0. The third-order valence-electron chi connectivity index (χ3n) is 3.27. The van der Waals surface area contributed by atoms with Gasteiger partial charge in [-0.2, -0.15) is 0 Å². The van der Waals surface area contributed by atoms with Crippen molar-refractivity contribution in [3.8, 4) is 17.1 Å². The fraction of sp³-hybridized carbons (Fsp3) is 0.118. The highest BCUT2D eigenvalue weighted by molar-refractivity contribution is 5.85. The van der Waals surface area contributed by atoms with Gasteiger partial charge >= 0.3 is 5.63 Å². The van der Waals surface area contributed by atoms with Crippen molar-refractivity contribution in [2.24, 2.45) is 0 Å². The first-order valence-corrected chi connectivity index (χ1v) is 6.36. The molecule has 1 heterocycles. The van der Waals surface area contributed by atoms with E-state index in [9.17, 15) is 4.79 Å². The van der Waals surface area contributed by atoms with Crippen LogP contribution in [0.2, 0.25) is 0 Å². The molecule has 3 heteroatoms. The van der Waals surface area contributed by atoms with Gasteiger partial charge in [-0.3, -0.25) is 0 Å². The first kappa shape index (κ1) is 12.5. The van der Waals surface area contributed by atoms with Gasteiger partial charge in [0.05, 0.1) is 12.5 Å². The minimum Gasteiger partial charge on any atom is -0.497 e. The fourth-order valence-corrected chi connectivity index (χ4v) is 2.24. The van der Waals surface area contributed by atoms with Crippen molar-refractivity contribution >= 4 is 10.8 Å². The monoisotopic (exact) mass is 266 g/mol. The Bertz CT molecular complexity index is 831. The molecular formula is C17H14O3. The molecule has 0 N–H and O–H groups in total. The number of ether oxygens (including phenoxy) is 1. The Morgan fingerprint density at radius 2 is 1.90 bits per heavy atom. The van der Waals surface area contributed by atoms with Gasteiger partial charge in [-0.05, 0) is 42.6 Å². The van der Waals surface area contributed by atoms with Gasteiger partial charge in [0.1, 0.15) is 11.5 Å². The molecule has 0 unspecified atom stereocenters. The molecule has 0 amide bonds. The van der Waals surface area contributed by atoms with Crippen molar-refractivity contribution < 1.29 is 9.15 Å². The summed E-state index contributed by atoms with van der Waals surface area (Å²) in [5, 5.41) is 1.37. The van der Waals surface area contributed by atoms with E-state index in [0.29, 0.717) is 11.1 Å². The van der Waals surface area contributed by atoms with E-state index < -0.39 is 0 Å². The highest BCUT2D eigenvalue weighted by atomic mass is 16.5. The van der Waals surface area contributed by atoms with Crippen molar-refractivity contribution in [3.63, 3.8) is 0 Å². The van der Waals surface area contributed by atoms with Gasteiger partial charge in [0.2, 0.25) is 0 Å². The van der Waals surface area contributed by atoms with Crippen LogP contribution in [0.4, 0.5) is 0 Å². The van der Waals surface area contributed by atoms with Crippen LogP contribution < -0.4 is 10.4 Å². The van der Waals surface area contributed by atoms with Crippen LogP contribution in [0.1, 0.15) is 5.56 Å². The number of hydrogen-bond acceptors (Lipinski definition) is 3. The van der Waals surface area contributed by atoms with Crippen molar-refractivity contribution in [2.75, 3.05) is 7.11 Å². The van der Waals surface area contributed by atoms with Crippen LogP contribution in [0.15, 0.2) is 57.7 Å². The summed E-state index contributed by atoms with van der Waals surface area (Å²) in [5.74, 6) is 1.29. The SMILES string of the molecule is COc1ccc2c(=O)oc(-c3cccc(C)c3)cc2c1. The highest BCUT2D eigenvalue weighted by Crippen LogP contribution is 2.25. The van der Waals surface area contributed by atoms with Crippen LogP contribution in [-0.2, 0) is 0 Å². The van der Waals surface area contributed by atoms with Crippen molar-refractivity contribution in [1.29, 1.82) is 0 Å². The van der Waals surface area contributed by atoms with E-state index in [2.05, 4.69) is 0 Å². The van der Waals surface area contributed by atoms with Crippen LogP contribution in [0, 0.1) is 6.92 Å². The zero-order valence-electron chi connectivity index (χ0n) is 11.3. The molecule has 0 aliphatic rings. The molecular weight excluding hydrogens is 252 g/mol. The Morgan fingerprint density at radius 1 is 1.05 bits per heavy atom. The number of rotatable bonds is 2. The van der Waals surface area contributed by atoms with Gasteiger partial charge in [0.25, 0.3) is 0 Å². The van der Waals surface area contributed by atoms with E-state index in [1.165, 1.54) is 0 Å². The zero-order valence-corrected chi connectivity index (χ0v) is 11.3. The second kappa shape index (κ2) is 4.85. The van der Waals surface area contributed by atoms with Crippen molar-refractivity contribution in [1.82, 2.24) is 0 Å². The Balaban J connectivity index is 2.25. The summed E-state index contributed by atoms with van der Waals surface area (Å²) in [6, 6.07) is 15.1. The Morgan fingerprint density at radius 3 is 2.65 bits per heavy atom. The lowest BCUT2D eigenvalue weighted by Crippen LogP contribution is -2.00. The largest absolute Gasteiger partial charge is 0.497 e. The molecule has 3 aromatic rings. The maximum atomic E-state index is 12.0. The molecule has 0 fully saturated rings. The van der Waals surface area contributed by atoms with Gasteiger partial charge in [-0.1, -0.05) is 23.8 Å². The lowest BCUT2D eigenvalue weighted by atomic mass is 10.1. The predicted octanol–water partition coefficient (Wildman–Crippen LogP) is 3.78. The number of hydrogen-bond donors (Lipinski definition) is 0. The number of benzene rings is 2. The maximum absolute atomic E-state index is 12.0. The Hall–Kier alpha value is -2.55. The fourth-order valence-electron chi connectivity index (χ4n) is 2.24. The van der Waals surface area contributed by atoms with Gasteiger partial charge in [-0.15, -0.1) is 0 Å². The van der Waals surface area contributed by atoms with Crippen LogP contribution in [-0.4, -0.2) is 7.11 Å². The van der Waals surface area contributed by atoms with Crippen LogP contribution in [0.5, 0.6) is 5.75 Å². The molecule has 0 radical (unpaired) electrons. The smallest absolute Gasteiger partial charge is 0.344 e. The second-order valence-electron chi connectivity index (χ2n) is 4.72. The summed E-state index contributed by atoms with van der Waals surface area (Å²) in [5.41, 5.74) is 1.68. The average Bonchev–Trinajstić information content (AvgIpc) is 2.46. The zero-order chi connectivity index (χ0) is 14.1. The average molecular weight is 266 g/mol. The normalized spacial score (nSPS) is 10.7. The topological polar surface area (TPSA) is 39.4 Å². The molecule has 0 bridgehead atoms. The van der Waals surface area contributed by atoms with E-state index >= 15 is 0 Å². The molecule has 100 valence electrons. The van der Waals surface area contributed by atoms with Gasteiger partial charge in [0.15, 0.2) is 0 Å². The summed E-state index contributed by atoms with van der Waals surface area (Å²) < 4.78 is 10.6. The summed E-state index contributed by atoms with van der Waals surface area (Å²) in [6.45, 7) is 2.01. The quantitative estimate of drug-likeness (QED) is 0.708. The first-order valence-electron chi connectivity index (χ1n) is 6.36. The van der Waals surface area contributed by atoms with Crippen LogP contribution in [0.3, 0.4) is 0 Å². The number of methoxy groups -OCH3 is 1. The molecule has 0 saturated carbocycles. The lowest BCUT2D eigenvalue weighted by molar-refractivity contribution is 0.415. The molecule has 0 aliphatic heterocycles. The summed E-state index contributed by atoms with van der Waals surface area (Å²) in [6.07, 6.45) is 0. The Labute approximate surface area is 116 Å². The van der Waals surface area contributed by atoms with Crippen LogP contribution in [0.25, 0.3) is 22.1 Å². The summed E-state index contributed by atoms with van der Waals surface area (Å²) in [4.78, 5) is 12.0. The molecule has 0 aliphatic carbocycles. The minimum absolute atomic E-state index is 0.332. The molecule has 3 rings (SSSR count). The molecule has 0 atom stereocenters. The number of aryl methyl sites for hydroxylation is 1. The van der Waals surface area contributed by atoms with Gasteiger partial charge in [0, 0.05) is 5.56 Å². The van der Waals surface area contributed by atoms with Crippen LogP contribution >= 0.6 is 0 Å². The standard InChI is InChI=1S/C17H14O3/c1-11-4-3-5-12(8-11)16-10-13-9-14(19-2)6-7-15(13)17(18)20-16/h3-10H,1-2H3. The third-order valence-corrected chi connectivity index (χ3v) is 3.27. The van der Waals surface area contributed by atoms with E-state index in [1.54, 1.807) is 19.2 Å². The molecule has 1 aromatic heterocycles. The van der Waals surface area contributed by atoms with Gasteiger partial charge < -0.3 is 9.15 Å². The summed E-state index contributed by atoms with van der Waals surface area (Å²) in [7, 11) is 1.61. The minimum atomic E-state index is -0.332. The lowest BCUT2D eigenvalue weighted by Gasteiger charge is -2.05. The Kier molecular flexibility index (Phi) is 3.03. The highest BCUT2D eigenvalue weighted by Gasteiger charge is 2.07. The molecule has 0 spiro atoms. The number of fused-ring (bicyclic) bond motifs is 1. The molecule has 2 aromatic carbocycles. The van der Waals surface area contributed by atoms with Crippen molar-refractivity contribution in [3.05, 3.63) is 64.5 Å². The van der Waals surface area contributed by atoms with E-state index in [0.717, 1.165) is 22.3 Å². The van der Waals surface area contributed by atoms with E-state index in [1.807, 2.05) is 43.3 Å². The molecule has 0 saturated heterocycles. The first-order chi connectivity index (χ1) is 9.67. The molecule has 3 nitrogen and oxygen atoms in total. The van der Waals surface area contributed by atoms with Crippen molar-refractivity contribution in [2.45, 2.75) is 6.92 Å².